The number of carbonyl (C=O) groups excluding carboxylic acids is 1. The third kappa shape index (κ3) is 3.15. The second-order valence-corrected chi connectivity index (χ2v) is 4.89. The first-order chi connectivity index (χ1) is 9.11. The number of carbonyl (C=O) groups is 1. The van der Waals surface area contributed by atoms with Gasteiger partial charge >= 0.3 is 0 Å². The van der Waals surface area contributed by atoms with Crippen molar-refractivity contribution < 1.29 is 9.53 Å². The summed E-state index contributed by atoms with van der Waals surface area (Å²) in [5.41, 5.74) is 9.33. The highest BCUT2D eigenvalue weighted by Gasteiger charge is 2.20. The van der Waals surface area contributed by atoms with E-state index in [1.54, 1.807) is 13.2 Å². The van der Waals surface area contributed by atoms with Crippen LogP contribution in [0.2, 0.25) is 0 Å². The molecule has 0 unspecified atom stereocenters. The highest BCUT2D eigenvalue weighted by atomic mass is 16.5. The maximum Gasteiger partial charge on any atom is 0.256 e. The minimum absolute atomic E-state index is 0.00826. The molecule has 0 radical (unpaired) electrons. The molecule has 1 aliphatic heterocycles. The van der Waals surface area contributed by atoms with Crippen molar-refractivity contribution in [3.05, 3.63) is 41.0 Å². The molecular weight excluding hydrogens is 240 g/mol. The van der Waals surface area contributed by atoms with Crippen LogP contribution in [0, 0.1) is 6.92 Å². The van der Waals surface area contributed by atoms with Crippen LogP contribution in [0.1, 0.15) is 22.3 Å². The Hall–Kier alpha value is -1.81. The van der Waals surface area contributed by atoms with Crippen molar-refractivity contribution in [2.45, 2.75) is 13.3 Å². The molecule has 0 aliphatic carbocycles. The molecule has 102 valence electrons. The Bertz CT molecular complexity index is 509. The molecule has 4 heteroatoms. The van der Waals surface area contributed by atoms with E-state index in [4.69, 9.17) is 10.5 Å². The number of aryl methyl sites for hydroxylation is 1. The van der Waals surface area contributed by atoms with Crippen LogP contribution in [0.4, 0.5) is 5.69 Å². The van der Waals surface area contributed by atoms with Crippen LogP contribution < -0.4 is 5.73 Å². The number of benzene rings is 1. The second kappa shape index (κ2) is 5.89. The fourth-order valence-electron chi connectivity index (χ4n) is 2.24. The Labute approximate surface area is 113 Å². The molecular formula is C15H20N2O2. The lowest BCUT2D eigenvalue weighted by Gasteiger charge is -2.27. The predicted octanol–water partition coefficient (Wildman–Crippen LogP) is 2.00. The fourth-order valence-corrected chi connectivity index (χ4v) is 2.24. The highest BCUT2D eigenvalue weighted by molar-refractivity contribution is 5.99. The summed E-state index contributed by atoms with van der Waals surface area (Å²) in [6, 6.07) is 5.56. The van der Waals surface area contributed by atoms with Gasteiger partial charge in [-0.15, -0.1) is 0 Å². The molecule has 2 rings (SSSR count). The summed E-state index contributed by atoms with van der Waals surface area (Å²) in [5.74, 6) is 0.00826. The minimum atomic E-state index is 0.00826. The lowest BCUT2D eigenvalue weighted by atomic mass is 10.1. The largest absolute Gasteiger partial charge is 0.398 e. The van der Waals surface area contributed by atoms with E-state index in [0.29, 0.717) is 24.4 Å². The molecule has 1 aromatic rings. The molecule has 1 aliphatic rings. The molecule has 0 fully saturated rings. The second-order valence-electron chi connectivity index (χ2n) is 4.89. The van der Waals surface area contributed by atoms with Crippen molar-refractivity contribution in [1.82, 2.24) is 4.90 Å². The lowest BCUT2D eigenvalue weighted by molar-refractivity contribution is 0.0766. The number of anilines is 1. The lowest BCUT2D eigenvalue weighted by Crippen LogP contribution is -2.35. The average molecular weight is 260 g/mol. The highest BCUT2D eigenvalue weighted by Crippen LogP contribution is 2.19. The van der Waals surface area contributed by atoms with Gasteiger partial charge in [0.1, 0.15) is 0 Å². The van der Waals surface area contributed by atoms with Gasteiger partial charge in [-0.1, -0.05) is 17.7 Å². The monoisotopic (exact) mass is 260 g/mol. The zero-order valence-corrected chi connectivity index (χ0v) is 11.5. The van der Waals surface area contributed by atoms with Crippen LogP contribution in [0.25, 0.3) is 0 Å². The van der Waals surface area contributed by atoms with Crippen molar-refractivity contribution in [2.24, 2.45) is 0 Å². The topological polar surface area (TPSA) is 55.6 Å². The third-order valence-corrected chi connectivity index (χ3v) is 3.36. The van der Waals surface area contributed by atoms with Crippen LogP contribution in [-0.2, 0) is 4.74 Å². The molecule has 0 saturated heterocycles. The van der Waals surface area contributed by atoms with Gasteiger partial charge in [0.2, 0.25) is 0 Å². The molecule has 4 nitrogen and oxygen atoms in total. The molecule has 0 atom stereocenters. The number of ether oxygens (including phenoxy) is 1. The molecule has 0 aromatic heterocycles. The Morgan fingerprint density at radius 2 is 2.26 bits per heavy atom. The summed E-state index contributed by atoms with van der Waals surface area (Å²) in [6.45, 7) is 3.96. The molecule has 0 saturated carbocycles. The number of methoxy groups -OCH3 is 1. The van der Waals surface area contributed by atoms with Crippen LogP contribution >= 0.6 is 0 Å². The van der Waals surface area contributed by atoms with E-state index in [1.807, 2.05) is 24.0 Å². The number of hydrogen-bond donors (Lipinski definition) is 1. The van der Waals surface area contributed by atoms with E-state index in [1.165, 1.54) is 5.57 Å². The normalized spacial score (nSPS) is 15.3. The molecule has 0 bridgehead atoms. The molecule has 19 heavy (non-hydrogen) atoms. The number of nitrogens with zero attached hydrogens (tertiary/aromatic N) is 1. The van der Waals surface area contributed by atoms with E-state index in [2.05, 4.69) is 6.08 Å². The summed E-state index contributed by atoms with van der Waals surface area (Å²) >= 11 is 0. The predicted molar refractivity (Wildman–Crippen MR) is 76.1 cm³/mol. The number of nitrogen functional groups attached to an aromatic ring is 1. The summed E-state index contributed by atoms with van der Waals surface area (Å²) < 4.78 is 5.10. The van der Waals surface area contributed by atoms with E-state index in [0.717, 1.165) is 18.5 Å². The quantitative estimate of drug-likeness (QED) is 0.668. The molecule has 1 heterocycles. The van der Waals surface area contributed by atoms with Crippen molar-refractivity contribution in [3.8, 4) is 0 Å². The number of hydrogen-bond acceptors (Lipinski definition) is 3. The van der Waals surface area contributed by atoms with E-state index >= 15 is 0 Å². The van der Waals surface area contributed by atoms with Gasteiger partial charge in [-0.05, 0) is 31.1 Å². The molecule has 0 spiro atoms. The first-order valence-electron chi connectivity index (χ1n) is 6.44. The van der Waals surface area contributed by atoms with E-state index < -0.39 is 0 Å². The Balaban J connectivity index is 2.11. The van der Waals surface area contributed by atoms with Gasteiger partial charge in [0, 0.05) is 25.9 Å². The maximum absolute atomic E-state index is 12.4. The Kier molecular flexibility index (Phi) is 4.22. The van der Waals surface area contributed by atoms with Crippen molar-refractivity contribution in [2.75, 3.05) is 32.5 Å². The third-order valence-electron chi connectivity index (χ3n) is 3.36. The Morgan fingerprint density at radius 1 is 1.47 bits per heavy atom. The number of nitrogens with two attached hydrogens (primary N) is 1. The van der Waals surface area contributed by atoms with E-state index in [9.17, 15) is 4.79 Å². The van der Waals surface area contributed by atoms with Gasteiger partial charge in [0.15, 0.2) is 0 Å². The van der Waals surface area contributed by atoms with Crippen LogP contribution in [0.15, 0.2) is 29.8 Å². The summed E-state index contributed by atoms with van der Waals surface area (Å²) in [7, 11) is 1.69. The van der Waals surface area contributed by atoms with Gasteiger partial charge in [-0.2, -0.15) is 0 Å². The standard InChI is InChI=1S/C15H20N2O2/c1-11-3-4-14(16)13(9-11)15(18)17-7-5-12(6-8-17)10-19-2/h3-5,9H,6-8,10,16H2,1-2H3. The fraction of sp³-hybridized carbons (Fsp3) is 0.400. The maximum atomic E-state index is 12.4. The zero-order chi connectivity index (χ0) is 13.8. The van der Waals surface area contributed by atoms with Gasteiger partial charge < -0.3 is 15.4 Å². The Morgan fingerprint density at radius 3 is 2.89 bits per heavy atom. The SMILES string of the molecule is COCC1=CCN(C(=O)c2cc(C)ccc2N)CC1. The van der Waals surface area contributed by atoms with Crippen LogP contribution in [0.3, 0.4) is 0 Å². The first kappa shape index (κ1) is 13.6. The van der Waals surface area contributed by atoms with Crippen LogP contribution in [-0.4, -0.2) is 37.6 Å². The van der Waals surface area contributed by atoms with Crippen molar-refractivity contribution in [1.29, 1.82) is 0 Å². The number of rotatable bonds is 3. The van der Waals surface area contributed by atoms with Crippen LogP contribution in [0.5, 0.6) is 0 Å². The van der Waals surface area contributed by atoms with Crippen molar-refractivity contribution >= 4 is 11.6 Å². The van der Waals surface area contributed by atoms with Crippen molar-refractivity contribution in [3.63, 3.8) is 0 Å². The van der Waals surface area contributed by atoms with Gasteiger partial charge in [0.05, 0.1) is 12.2 Å². The summed E-state index contributed by atoms with van der Waals surface area (Å²) in [6.07, 6.45) is 2.93. The summed E-state index contributed by atoms with van der Waals surface area (Å²) in [5, 5.41) is 0. The number of amides is 1. The minimum Gasteiger partial charge on any atom is -0.398 e. The molecule has 1 amide bonds. The van der Waals surface area contributed by atoms with Gasteiger partial charge in [0.25, 0.3) is 5.91 Å². The van der Waals surface area contributed by atoms with E-state index in [-0.39, 0.29) is 5.91 Å². The first-order valence-corrected chi connectivity index (χ1v) is 6.44. The molecule has 2 N–H and O–H groups in total. The average Bonchev–Trinajstić information content (AvgIpc) is 2.42. The summed E-state index contributed by atoms with van der Waals surface area (Å²) in [4.78, 5) is 14.2. The smallest absolute Gasteiger partial charge is 0.256 e. The van der Waals surface area contributed by atoms with Gasteiger partial charge in [-0.3, -0.25) is 4.79 Å². The zero-order valence-electron chi connectivity index (χ0n) is 11.5. The van der Waals surface area contributed by atoms with Gasteiger partial charge in [-0.25, -0.2) is 0 Å². The molecule has 1 aromatic carbocycles.